The van der Waals surface area contributed by atoms with E-state index in [4.69, 9.17) is 9.72 Å². The first-order chi connectivity index (χ1) is 20.7. The van der Waals surface area contributed by atoms with Crippen molar-refractivity contribution in [3.63, 3.8) is 0 Å². The minimum absolute atomic E-state index is 0.0365. The third-order valence-corrected chi connectivity index (χ3v) is 11.9. The van der Waals surface area contributed by atoms with Gasteiger partial charge in [-0.2, -0.15) is 0 Å². The molecule has 5 heteroatoms. The van der Waals surface area contributed by atoms with Gasteiger partial charge in [-0.05, 0) is 17.0 Å². The molecule has 0 unspecified atom stereocenters. The molecule has 4 nitrogen and oxygen atoms in total. The maximum absolute atomic E-state index is 13.8. The molecule has 0 spiro atoms. The van der Waals surface area contributed by atoms with E-state index in [0.29, 0.717) is 0 Å². The van der Waals surface area contributed by atoms with E-state index in [1.54, 1.807) is 6.20 Å². The van der Waals surface area contributed by atoms with E-state index < -0.39 is 14.3 Å². The van der Waals surface area contributed by atoms with Crippen molar-refractivity contribution in [2.75, 3.05) is 0 Å². The van der Waals surface area contributed by atoms with Crippen LogP contribution in [0.15, 0.2) is 85.2 Å². The Morgan fingerprint density at radius 3 is 2.05 bits per heavy atom. The van der Waals surface area contributed by atoms with Gasteiger partial charge in [0, 0.05) is 6.20 Å². The first-order valence-corrected chi connectivity index (χ1v) is 18.3. The number of pyridine rings is 2. The van der Waals surface area contributed by atoms with Crippen LogP contribution in [0.2, 0.25) is 0 Å². The van der Waals surface area contributed by atoms with Crippen molar-refractivity contribution in [3.05, 3.63) is 107 Å². The molecule has 1 aliphatic rings. The zero-order valence-electron chi connectivity index (χ0n) is 27.0. The number of nitrogens with zero attached hydrogens (tertiary/aromatic N) is 2. The summed E-state index contributed by atoms with van der Waals surface area (Å²) in [6.07, 6.45) is 4.64. The fraction of sp³-hybridized carbons (Fsp3) is 0.282. The summed E-state index contributed by atoms with van der Waals surface area (Å²) in [5, 5.41) is 0. The first kappa shape index (κ1) is 30.1. The van der Waals surface area contributed by atoms with Crippen molar-refractivity contribution < 1.29 is 8.51 Å². The van der Waals surface area contributed by atoms with Crippen LogP contribution in [-0.4, -0.2) is 24.3 Å². The molecule has 0 radical (unpaired) electrons. The Hall–Kier alpha value is -3.90. The molecule has 3 aromatic carbocycles. The van der Waals surface area contributed by atoms with Crippen LogP contribution in [0, 0.1) is 19.3 Å². The molecule has 3 heterocycles. The van der Waals surface area contributed by atoms with Crippen LogP contribution in [0.3, 0.4) is 0 Å². The average Bonchev–Trinajstić information content (AvgIpc) is 3.22. The van der Waals surface area contributed by atoms with Gasteiger partial charge in [0.05, 0.1) is 0 Å². The van der Waals surface area contributed by atoms with Gasteiger partial charge in [0.1, 0.15) is 0 Å². The third-order valence-electron chi connectivity index (χ3n) is 8.06. The van der Waals surface area contributed by atoms with Crippen LogP contribution in [0.25, 0.3) is 33.6 Å². The van der Waals surface area contributed by atoms with Gasteiger partial charge in [0.15, 0.2) is 0 Å². The van der Waals surface area contributed by atoms with Crippen molar-refractivity contribution in [1.29, 1.82) is 0 Å². The number of rotatable bonds is 5. The second-order valence-corrected chi connectivity index (χ2v) is 18.0. The molecule has 0 N–H and O–H groups in total. The number of aryl methyl sites for hydroxylation is 2. The Morgan fingerprint density at radius 1 is 0.705 bits per heavy atom. The Kier molecular flexibility index (Phi) is 7.69. The predicted molar refractivity (Wildman–Crippen MR) is 182 cm³/mol. The number of hydrogen-bond acceptors (Lipinski definition) is 4. The van der Waals surface area contributed by atoms with E-state index in [0.717, 1.165) is 71.5 Å². The van der Waals surface area contributed by atoms with Gasteiger partial charge in [-0.1, -0.05) is 20.8 Å². The van der Waals surface area contributed by atoms with Gasteiger partial charge < -0.3 is 0 Å². The normalized spacial score (nSPS) is 12.7. The molecule has 5 aromatic rings. The Labute approximate surface area is 265 Å². The van der Waals surface area contributed by atoms with E-state index in [2.05, 4.69) is 115 Å². The summed E-state index contributed by atoms with van der Waals surface area (Å²) < 4.78 is 22.3. The van der Waals surface area contributed by atoms with Crippen LogP contribution in [0.5, 0.6) is 11.5 Å². The molecule has 0 fully saturated rings. The first-order valence-electron chi connectivity index (χ1n) is 15.3. The quantitative estimate of drug-likeness (QED) is 0.177. The van der Waals surface area contributed by atoms with Gasteiger partial charge in [-0.25, -0.2) is 0 Å². The van der Waals surface area contributed by atoms with E-state index >= 15 is 0 Å². The van der Waals surface area contributed by atoms with Gasteiger partial charge in [-0.15, -0.1) is 0 Å². The predicted octanol–water partition coefficient (Wildman–Crippen LogP) is 8.62. The van der Waals surface area contributed by atoms with E-state index in [1.807, 2.05) is 24.4 Å². The van der Waals surface area contributed by atoms with Gasteiger partial charge in [-0.3, -0.25) is 0 Å². The van der Waals surface area contributed by atoms with Crippen molar-refractivity contribution in [3.8, 4) is 45.1 Å². The second kappa shape index (κ2) is 11.2. The summed E-state index contributed by atoms with van der Waals surface area (Å²) in [6.45, 7) is 17.5. The molecular formula is C39H40GeN2O2. The number of benzene rings is 3. The fourth-order valence-corrected chi connectivity index (χ4v) is 9.80. The van der Waals surface area contributed by atoms with E-state index in [-0.39, 0.29) is 10.8 Å². The van der Waals surface area contributed by atoms with E-state index in [1.165, 1.54) is 11.1 Å². The molecule has 222 valence electrons. The van der Waals surface area contributed by atoms with Crippen LogP contribution >= 0.6 is 0 Å². The molecule has 6 rings (SSSR count). The SMILES string of the molecule is Cc1cc(Oc2cc(C)cc(-c3ncc[c]4c3-c3ccc(CC(C)(C)C)c[c]3[Ge]4=[O])c2)cc(-c2cc(C(C)(C)C)ccn2)c1. The van der Waals surface area contributed by atoms with Gasteiger partial charge in [0.25, 0.3) is 0 Å². The Balaban J connectivity index is 1.37. The number of fused-ring (bicyclic) bond motifs is 3. The van der Waals surface area contributed by atoms with Crippen molar-refractivity contribution >= 4 is 23.1 Å². The monoisotopic (exact) mass is 642 g/mol. The summed E-state index contributed by atoms with van der Waals surface area (Å²) in [7, 11) is 0. The molecule has 1 aliphatic heterocycles. The molecule has 0 aliphatic carbocycles. The number of ether oxygens (including phenoxy) is 1. The average molecular weight is 641 g/mol. The van der Waals surface area contributed by atoms with Crippen molar-refractivity contribution in [2.24, 2.45) is 5.41 Å². The van der Waals surface area contributed by atoms with Crippen LogP contribution in [0.1, 0.15) is 63.8 Å². The van der Waals surface area contributed by atoms with Crippen molar-refractivity contribution in [1.82, 2.24) is 9.97 Å². The minimum atomic E-state index is -2.88. The van der Waals surface area contributed by atoms with Crippen LogP contribution in [0.4, 0.5) is 0 Å². The molecule has 0 amide bonds. The molecule has 44 heavy (non-hydrogen) atoms. The molecule has 0 saturated carbocycles. The van der Waals surface area contributed by atoms with Crippen LogP contribution in [-0.2, 0) is 15.6 Å². The van der Waals surface area contributed by atoms with Crippen molar-refractivity contribution in [2.45, 2.75) is 67.2 Å². The van der Waals surface area contributed by atoms with Gasteiger partial charge in [0.2, 0.25) is 0 Å². The summed E-state index contributed by atoms with van der Waals surface area (Å²) in [5.74, 6) is 1.50. The topological polar surface area (TPSA) is 52.1 Å². The molecular weight excluding hydrogens is 601 g/mol. The fourth-order valence-electron chi connectivity index (χ4n) is 6.10. The molecule has 0 bridgehead atoms. The zero-order valence-corrected chi connectivity index (χ0v) is 29.1. The maximum atomic E-state index is 13.8. The number of aromatic nitrogens is 2. The second-order valence-electron chi connectivity index (χ2n) is 14.4. The van der Waals surface area contributed by atoms with Gasteiger partial charge >= 0.3 is 223 Å². The summed E-state index contributed by atoms with van der Waals surface area (Å²) in [6, 6.07) is 25.2. The Bertz CT molecular complexity index is 1930. The van der Waals surface area contributed by atoms with E-state index in [9.17, 15) is 3.78 Å². The third kappa shape index (κ3) is 6.18. The van der Waals surface area contributed by atoms with Crippen LogP contribution < -0.4 is 13.5 Å². The molecule has 2 aromatic heterocycles. The summed E-state index contributed by atoms with van der Waals surface area (Å²) >= 11 is -2.88. The number of hydrogen-bond donors (Lipinski definition) is 0. The summed E-state index contributed by atoms with van der Waals surface area (Å²) in [5.41, 5.74) is 10.7. The molecule has 0 atom stereocenters. The zero-order chi connectivity index (χ0) is 31.4. The summed E-state index contributed by atoms with van der Waals surface area (Å²) in [4.78, 5) is 9.52. The standard InChI is InChI=1S/C39H40GeN2O2/c1-24-15-27(35-22-29(11-13-41-35)39(6,7)8)20-30(17-24)44-31-18-25(2)16-28(21-31)37-36-32-10-9-26(23-38(3,4)5)19-34(32)40(43)33(36)12-14-42-37/h9-22H,23H2,1-8H3. The Morgan fingerprint density at radius 2 is 1.36 bits per heavy atom. The molecule has 0 saturated heterocycles.